The Morgan fingerprint density at radius 2 is 0.600 bits per heavy atom. The molecule has 1 N–H and O–H groups in total. The van der Waals surface area contributed by atoms with Gasteiger partial charge in [0.1, 0.15) is 19.8 Å². The standard InChI is InChI=1S/C80H122NO8P/c1-6-8-10-12-14-16-18-20-22-24-26-28-30-32-34-36-38-40-42-44-46-48-50-52-54-56-58-60-62-64-66-68-70-72-79(82)86-76-78(77-88-90(84,85)87-75-74-81(3,4)5)89-80(83)73-71-69-67-65-63-61-59-57-55-53-51-49-47-45-43-41-39-37-35-33-31-29-27-25-23-21-19-17-15-13-11-9-7-2/h8-11,14-17,20-23,26-29,32-35,38-41,44-47,50-53,56-59,63,65,78H,6-7,12-13,18-19,24-25,30-31,36-37,42-43,48-49,54-55,60-62,64,66-77H2,1-5H3/p+1/b10-8-,11-9-,16-14-,17-15-,22-20-,23-21-,28-26-,29-27-,34-32-,35-33-,40-38-,41-39-,46-44-,47-45-,52-50-,53-51-,58-56-,59-57-,65-63-. The molecule has 0 bridgehead atoms. The third kappa shape index (κ3) is 71.1. The Labute approximate surface area is 550 Å². The summed E-state index contributed by atoms with van der Waals surface area (Å²) in [4.78, 5) is 35.8. The van der Waals surface area contributed by atoms with Crippen LogP contribution in [-0.2, 0) is 32.7 Å². The molecule has 0 saturated carbocycles. The molecule has 0 fully saturated rings. The molecule has 9 nitrogen and oxygen atoms in total. The van der Waals surface area contributed by atoms with Crippen LogP contribution in [0.5, 0.6) is 0 Å². The zero-order valence-electron chi connectivity index (χ0n) is 56.8. The van der Waals surface area contributed by atoms with Crippen LogP contribution in [0.4, 0.5) is 0 Å². The number of phosphoric ester groups is 1. The molecule has 0 aliphatic carbocycles. The molecule has 0 spiro atoms. The van der Waals surface area contributed by atoms with Gasteiger partial charge in [0.2, 0.25) is 0 Å². The lowest BCUT2D eigenvalue weighted by atomic mass is 10.1. The van der Waals surface area contributed by atoms with Gasteiger partial charge in [0.25, 0.3) is 0 Å². The molecule has 90 heavy (non-hydrogen) atoms. The summed E-state index contributed by atoms with van der Waals surface area (Å²) < 4.78 is 34.6. The van der Waals surface area contributed by atoms with Crippen LogP contribution in [0.15, 0.2) is 231 Å². The zero-order valence-corrected chi connectivity index (χ0v) is 57.7. The summed E-state index contributed by atoms with van der Waals surface area (Å²) in [5.41, 5.74) is 0. The number of ether oxygens (including phenoxy) is 2. The molecule has 2 atom stereocenters. The average molecular weight is 1260 g/mol. The normalized spacial score (nSPS) is 14.6. The van der Waals surface area contributed by atoms with Crippen molar-refractivity contribution in [2.24, 2.45) is 0 Å². The van der Waals surface area contributed by atoms with Gasteiger partial charge in [-0.1, -0.05) is 264 Å². The number of hydrogen-bond acceptors (Lipinski definition) is 7. The SMILES string of the molecule is CC/C=C\C/C=C\C/C=C\C/C=C\C/C=C\C/C=C\C/C=C\C/C=C\C/C=C\C/C=C\CCCCC(=O)OC(COC(=O)CCCCCCC/C=C\C/C=C\C/C=C\C/C=C\C/C=C\C/C=C\C/C=C\C/C=C\C/C=C\CC)COP(=O)(O)OCC[N+](C)(C)C. The maximum Gasteiger partial charge on any atom is 0.472 e. The van der Waals surface area contributed by atoms with Crippen molar-refractivity contribution in [3.63, 3.8) is 0 Å². The van der Waals surface area contributed by atoms with Gasteiger partial charge in [0, 0.05) is 12.8 Å². The summed E-state index contributed by atoms with van der Waals surface area (Å²) in [7, 11) is 1.40. The second-order valence-corrected chi connectivity index (χ2v) is 24.2. The van der Waals surface area contributed by atoms with Crippen molar-refractivity contribution in [2.75, 3.05) is 47.5 Å². The zero-order chi connectivity index (χ0) is 65.5. The van der Waals surface area contributed by atoms with Gasteiger partial charge in [-0.25, -0.2) is 4.57 Å². The van der Waals surface area contributed by atoms with Crippen molar-refractivity contribution in [2.45, 2.75) is 213 Å². The highest BCUT2D eigenvalue weighted by Gasteiger charge is 2.27. The molecular formula is C80H123NO8P+. The first kappa shape index (κ1) is 84.1. The van der Waals surface area contributed by atoms with Crippen LogP contribution in [0, 0.1) is 0 Å². The van der Waals surface area contributed by atoms with E-state index in [9.17, 15) is 19.0 Å². The predicted octanol–water partition coefficient (Wildman–Crippen LogP) is 22.6. The number of likely N-dealkylation sites (N-methyl/N-ethyl adjacent to an activating group) is 1. The minimum atomic E-state index is -4.43. The van der Waals surface area contributed by atoms with E-state index in [2.05, 4.69) is 245 Å². The van der Waals surface area contributed by atoms with Crippen molar-refractivity contribution in [3.05, 3.63) is 231 Å². The highest BCUT2D eigenvalue weighted by molar-refractivity contribution is 7.47. The Bertz CT molecular complexity index is 2370. The largest absolute Gasteiger partial charge is 0.472 e. The second-order valence-electron chi connectivity index (χ2n) is 22.7. The minimum absolute atomic E-state index is 0.00509. The Morgan fingerprint density at radius 1 is 0.344 bits per heavy atom. The number of carbonyl (C=O) groups excluding carboxylic acids is 2. The lowest BCUT2D eigenvalue weighted by molar-refractivity contribution is -0.870. The van der Waals surface area contributed by atoms with E-state index in [4.69, 9.17) is 18.5 Å². The van der Waals surface area contributed by atoms with Crippen LogP contribution in [0.1, 0.15) is 206 Å². The Hall–Kier alpha value is -5.93. The molecule has 0 rings (SSSR count). The fourth-order valence-corrected chi connectivity index (χ4v) is 8.77. The Balaban J connectivity index is 4.31. The molecule has 500 valence electrons. The first-order valence-corrected chi connectivity index (χ1v) is 35.6. The Morgan fingerprint density at radius 3 is 0.911 bits per heavy atom. The van der Waals surface area contributed by atoms with Crippen LogP contribution < -0.4 is 0 Å². The fourth-order valence-electron chi connectivity index (χ4n) is 8.03. The third-order valence-electron chi connectivity index (χ3n) is 13.2. The quantitative estimate of drug-likeness (QED) is 0.0211. The summed E-state index contributed by atoms with van der Waals surface area (Å²) in [6.45, 7) is 4.09. The number of phosphoric acid groups is 1. The molecule has 0 heterocycles. The first-order valence-electron chi connectivity index (χ1n) is 34.1. The van der Waals surface area contributed by atoms with E-state index in [0.29, 0.717) is 23.9 Å². The number of nitrogens with zero attached hydrogens (tertiary/aromatic N) is 1. The lowest BCUT2D eigenvalue weighted by Crippen LogP contribution is -2.37. The van der Waals surface area contributed by atoms with Crippen LogP contribution in [0.3, 0.4) is 0 Å². The van der Waals surface area contributed by atoms with E-state index < -0.39 is 32.5 Å². The molecule has 0 aliphatic heterocycles. The van der Waals surface area contributed by atoms with Crippen molar-refractivity contribution in [1.29, 1.82) is 0 Å². The topological polar surface area (TPSA) is 108 Å². The summed E-state index contributed by atoms with van der Waals surface area (Å²) in [6.07, 6.45) is 110. The Kier molecular flexibility index (Phi) is 63.0. The van der Waals surface area contributed by atoms with E-state index in [1.54, 1.807) is 0 Å². The number of hydrogen-bond donors (Lipinski definition) is 1. The molecule has 0 amide bonds. The van der Waals surface area contributed by atoms with E-state index >= 15 is 0 Å². The lowest BCUT2D eigenvalue weighted by Gasteiger charge is -2.24. The van der Waals surface area contributed by atoms with Crippen molar-refractivity contribution >= 4 is 19.8 Å². The van der Waals surface area contributed by atoms with Gasteiger partial charge in [-0.3, -0.25) is 18.6 Å². The first-order chi connectivity index (χ1) is 44.0. The van der Waals surface area contributed by atoms with Gasteiger partial charge < -0.3 is 18.9 Å². The molecule has 2 unspecified atom stereocenters. The van der Waals surface area contributed by atoms with Crippen molar-refractivity contribution in [3.8, 4) is 0 Å². The highest BCUT2D eigenvalue weighted by Crippen LogP contribution is 2.43. The fraction of sp³-hybridized carbons (Fsp3) is 0.500. The van der Waals surface area contributed by atoms with E-state index in [1.807, 2.05) is 21.1 Å². The monoisotopic (exact) mass is 1260 g/mol. The number of rotatable bonds is 59. The van der Waals surface area contributed by atoms with E-state index in [1.165, 1.54) is 0 Å². The number of quaternary nitrogens is 1. The van der Waals surface area contributed by atoms with Gasteiger partial charge in [0.05, 0.1) is 27.7 Å². The van der Waals surface area contributed by atoms with Gasteiger partial charge in [0.15, 0.2) is 6.10 Å². The second kappa shape index (κ2) is 67.5. The predicted molar refractivity (Wildman–Crippen MR) is 389 cm³/mol. The van der Waals surface area contributed by atoms with Gasteiger partial charge in [-0.15, -0.1) is 0 Å². The smallest absolute Gasteiger partial charge is 0.462 e. The molecule has 0 radical (unpaired) electrons. The highest BCUT2D eigenvalue weighted by atomic mass is 31.2. The maximum atomic E-state index is 12.9. The molecular weight excluding hydrogens is 1130 g/mol. The molecule has 0 aromatic heterocycles. The number of unbranched alkanes of at least 4 members (excludes halogenated alkanes) is 7. The molecule has 0 saturated heterocycles. The maximum absolute atomic E-state index is 12.9. The number of allylic oxidation sites excluding steroid dienone is 38. The van der Waals surface area contributed by atoms with E-state index in [0.717, 1.165) is 167 Å². The molecule has 0 aliphatic rings. The van der Waals surface area contributed by atoms with Gasteiger partial charge in [-0.05, 0) is 161 Å². The minimum Gasteiger partial charge on any atom is -0.462 e. The van der Waals surface area contributed by atoms with Crippen molar-refractivity contribution < 1.29 is 42.1 Å². The number of esters is 2. The van der Waals surface area contributed by atoms with Gasteiger partial charge >= 0.3 is 19.8 Å². The molecule has 10 heteroatoms. The van der Waals surface area contributed by atoms with E-state index in [-0.39, 0.29) is 26.1 Å². The van der Waals surface area contributed by atoms with Crippen LogP contribution in [-0.4, -0.2) is 74.9 Å². The molecule has 0 aromatic rings. The van der Waals surface area contributed by atoms with Gasteiger partial charge in [-0.2, -0.15) is 0 Å². The number of carbonyl (C=O) groups is 2. The summed E-state index contributed by atoms with van der Waals surface area (Å²) in [6, 6.07) is 0. The average Bonchev–Trinajstić information content (AvgIpc) is 3.58. The summed E-state index contributed by atoms with van der Waals surface area (Å²) in [5.74, 6) is -0.894. The van der Waals surface area contributed by atoms with Crippen LogP contribution in [0.25, 0.3) is 0 Å². The van der Waals surface area contributed by atoms with Crippen LogP contribution in [0.2, 0.25) is 0 Å². The van der Waals surface area contributed by atoms with Crippen molar-refractivity contribution in [1.82, 2.24) is 0 Å². The molecule has 0 aromatic carbocycles. The summed E-state index contributed by atoms with van der Waals surface area (Å²) in [5, 5.41) is 0. The third-order valence-corrected chi connectivity index (χ3v) is 14.2. The summed E-state index contributed by atoms with van der Waals surface area (Å²) >= 11 is 0. The van der Waals surface area contributed by atoms with Crippen LogP contribution >= 0.6 is 7.82 Å².